The Labute approximate surface area is 119 Å². The van der Waals surface area contributed by atoms with Crippen LogP contribution in [-0.4, -0.2) is 84.6 Å². The highest BCUT2D eigenvalue weighted by atomic mass is 19.3. The number of alkyl halides is 4. The van der Waals surface area contributed by atoms with Crippen LogP contribution < -0.4 is 5.32 Å². The molecular formula is C12H19F4N3O2. The highest BCUT2D eigenvalue weighted by Gasteiger charge is 2.43. The summed E-state index contributed by atoms with van der Waals surface area (Å²) < 4.78 is 50.2. The third-order valence-corrected chi connectivity index (χ3v) is 3.84. The second kappa shape index (κ2) is 6.45. The molecule has 2 unspecified atom stereocenters. The number of amides is 1. The summed E-state index contributed by atoms with van der Waals surface area (Å²) in [6, 6.07) is -0.450. The molecule has 0 aliphatic carbocycles. The van der Waals surface area contributed by atoms with Crippen molar-refractivity contribution in [3.8, 4) is 0 Å². The second-order valence-electron chi connectivity index (χ2n) is 5.51. The van der Waals surface area contributed by atoms with Gasteiger partial charge in [0.25, 0.3) is 0 Å². The van der Waals surface area contributed by atoms with E-state index < -0.39 is 31.0 Å². The highest BCUT2D eigenvalue weighted by Crippen LogP contribution is 2.24. The largest absolute Gasteiger partial charge is 0.392 e. The minimum atomic E-state index is -4.02. The first-order chi connectivity index (χ1) is 9.79. The van der Waals surface area contributed by atoms with Crippen LogP contribution in [0, 0.1) is 0 Å². The van der Waals surface area contributed by atoms with E-state index in [9.17, 15) is 27.5 Å². The van der Waals surface area contributed by atoms with Gasteiger partial charge in [-0.1, -0.05) is 0 Å². The van der Waals surface area contributed by atoms with E-state index in [4.69, 9.17) is 0 Å². The minimum absolute atomic E-state index is 0.142. The lowest BCUT2D eigenvalue weighted by Crippen LogP contribution is -2.55. The summed E-state index contributed by atoms with van der Waals surface area (Å²) in [5.74, 6) is -4.20. The number of hydrogen-bond donors (Lipinski definition) is 2. The molecule has 0 spiro atoms. The van der Waals surface area contributed by atoms with Gasteiger partial charge in [-0.05, 0) is 6.42 Å². The Morgan fingerprint density at radius 3 is 2.38 bits per heavy atom. The zero-order chi connectivity index (χ0) is 15.6. The third kappa shape index (κ3) is 4.04. The molecule has 0 bridgehead atoms. The average molecular weight is 313 g/mol. The fraction of sp³-hybridized carbons (Fsp3) is 0.917. The molecule has 2 atom stereocenters. The summed E-state index contributed by atoms with van der Waals surface area (Å²) in [5, 5.41) is 12.3. The Kier molecular flexibility index (Phi) is 5.05. The van der Waals surface area contributed by atoms with Gasteiger partial charge in [-0.25, -0.2) is 8.78 Å². The molecule has 21 heavy (non-hydrogen) atoms. The van der Waals surface area contributed by atoms with E-state index in [2.05, 4.69) is 5.32 Å². The molecule has 9 heteroatoms. The van der Waals surface area contributed by atoms with Gasteiger partial charge in [-0.15, -0.1) is 0 Å². The number of rotatable bonds is 4. The smallest absolute Gasteiger partial charge is 0.319 e. The zero-order valence-electron chi connectivity index (χ0n) is 11.4. The third-order valence-electron chi connectivity index (χ3n) is 3.84. The Morgan fingerprint density at radius 1 is 1.29 bits per heavy atom. The molecule has 2 N–H and O–H groups in total. The van der Waals surface area contributed by atoms with Gasteiger partial charge in [0.05, 0.1) is 18.7 Å². The molecule has 0 aromatic rings. The maximum Gasteiger partial charge on any atom is 0.319 e. The van der Waals surface area contributed by atoms with Gasteiger partial charge in [-0.2, -0.15) is 8.78 Å². The monoisotopic (exact) mass is 313 g/mol. The van der Waals surface area contributed by atoms with Crippen molar-refractivity contribution in [3.05, 3.63) is 0 Å². The van der Waals surface area contributed by atoms with Crippen molar-refractivity contribution in [1.82, 2.24) is 15.1 Å². The number of aliphatic hydroxyl groups excluding tert-OH is 1. The predicted molar refractivity (Wildman–Crippen MR) is 66.4 cm³/mol. The van der Waals surface area contributed by atoms with Gasteiger partial charge in [0.15, 0.2) is 0 Å². The van der Waals surface area contributed by atoms with Gasteiger partial charge in [0.1, 0.15) is 0 Å². The lowest BCUT2D eigenvalue weighted by atomic mass is 10.1. The van der Waals surface area contributed by atoms with Crippen LogP contribution >= 0.6 is 0 Å². The van der Waals surface area contributed by atoms with Crippen molar-refractivity contribution in [2.45, 2.75) is 30.9 Å². The second-order valence-corrected chi connectivity index (χ2v) is 5.51. The van der Waals surface area contributed by atoms with Crippen molar-refractivity contribution in [1.29, 1.82) is 0 Å². The molecule has 2 aliphatic heterocycles. The molecule has 2 heterocycles. The summed E-state index contributed by atoms with van der Waals surface area (Å²) in [6.45, 7) is 0.107. The van der Waals surface area contributed by atoms with Crippen LogP contribution in [0.25, 0.3) is 0 Å². The quantitative estimate of drug-likeness (QED) is 0.703. The molecule has 122 valence electrons. The van der Waals surface area contributed by atoms with Crippen LogP contribution in [0.2, 0.25) is 0 Å². The molecule has 0 aromatic heterocycles. The standard InChI is InChI=1S/C12H19F4N3O2/c13-11(14)12(15,16)7-18-1-3-19(4-2-18)10(21)9-5-8(20)6-17-9/h8-9,11,17,20H,1-7H2. The van der Waals surface area contributed by atoms with Crippen molar-refractivity contribution in [3.63, 3.8) is 0 Å². The predicted octanol–water partition coefficient (Wildman–Crippen LogP) is -0.246. The van der Waals surface area contributed by atoms with E-state index >= 15 is 0 Å². The topological polar surface area (TPSA) is 55.8 Å². The number of aliphatic hydroxyl groups is 1. The number of carbonyl (C=O) groups is 1. The number of carbonyl (C=O) groups excluding carboxylic acids is 1. The lowest BCUT2D eigenvalue weighted by Gasteiger charge is -2.37. The number of nitrogens with one attached hydrogen (secondary N) is 1. The van der Waals surface area contributed by atoms with E-state index in [1.54, 1.807) is 0 Å². The van der Waals surface area contributed by atoms with Gasteiger partial charge in [0, 0.05) is 32.7 Å². The molecule has 2 fully saturated rings. The molecule has 2 saturated heterocycles. The fourth-order valence-electron chi connectivity index (χ4n) is 2.62. The van der Waals surface area contributed by atoms with E-state index in [1.165, 1.54) is 9.80 Å². The Bertz CT molecular complexity index is 376. The van der Waals surface area contributed by atoms with Crippen LogP contribution in [0.3, 0.4) is 0 Å². The molecule has 5 nitrogen and oxygen atoms in total. The molecule has 2 rings (SSSR count). The zero-order valence-corrected chi connectivity index (χ0v) is 11.4. The number of piperazine rings is 1. The Morgan fingerprint density at radius 2 is 1.90 bits per heavy atom. The number of nitrogens with zero attached hydrogens (tertiary/aromatic N) is 2. The first kappa shape index (κ1) is 16.4. The maximum absolute atomic E-state index is 13.0. The van der Waals surface area contributed by atoms with E-state index in [1.807, 2.05) is 0 Å². The van der Waals surface area contributed by atoms with E-state index in [0.717, 1.165) is 0 Å². The van der Waals surface area contributed by atoms with Crippen molar-refractivity contribution in [2.24, 2.45) is 0 Å². The summed E-state index contributed by atoms with van der Waals surface area (Å²) in [5.41, 5.74) is 0. The van der Waals surface area contributed by atoms with E-state index in [0.29, 0.717) is 13.0 Å². The molecular weight excluding hydrogens is 294 g/mol. The van der Waals surface area contributed by atoms with Crippen molar-refractivity contribution >= 4 is 5.91 Å². The molecule has 0 aromatic carbocycles. The molecule has 1 amide bonds. The molecule has 0 saturated carbocycles. The summed E-state index contributed by atoms with van der Waals surface area (Å²) in [7, 11) is 0. The highest BCUT2D eigenvalue weighted by molar-refractivity contribution is 5.82. The number of hydrogen-bond acceptors (Lipinski definition) is 4. The Hall–Kier alpha value is -0.930. The number of halogens is 4. The van der Waals surface area contributed by atoms with Crippen LogP contribution in [0.1, 0.15) is 6.42 Å². The van der Waals surface area contributed by atoms with Gasteiger partial charge >= 0.3 is 12.3 Å². The summed E-state index contributed by atoms with van der Waals surface area (Å²) >= 11 is 0. The minimum Gasteiger partial charge on any atom is -0.392 e. The van der Waals surface area contributed by atoms with Gasteiger partial charge < -0.3 is 15.3 Å². The SMILES string of the molecule is O=C(C1CC(O)CN1)N1CCN(CC(F)(F)C(F)F)CC1. The lowest BCUT2D eigenvalue weighted by molar-refractivity contribution is -0.148. The number of β-amino-alcohol motifs (C(OH)–C–C–N with tert-alkyl or cyclic N) is 1. The van der Waals surface area contributed by atoms with E-state index in [-0.39, 0.29) is 32.1 Å². The van der Waals surface area contributed by atoms with Gasteiger partial charge in [0.2, 0.25) is 5.91 Å². The maximum atomic E-state index is 13.0. The van der Waals surface area contributed by atoms with Crippen LogP contribution in [0.15, 0.2) is 0 Å². The van der Waals surface area contributed by atoms with Crippen molar-refractivity contribution in [2.75, 3.05) is 39.3 Å². The normalized spacial score (nSPS) is 28.4. The molecule has 2 aliphatic rings. The Balaban J connectivity index is 1.79. The average Bonchev–Trinajstić information content (AvgIpc) is 2.85. The van der Waals surface area contributed by atoms with Crippen LogP contribution in [0.4, 0.5) is 17.6 Å². The first-order valence-corrected chi connectivity index (χ1v) is 6.88. The van der Waals surface area contributed by atoms with Crippen LogP contribution in [0.5, 0.6) is 0 Å². The van der Waals surface area contributed by atoms with Crippen molar-refractivity contribution < 1.29 is 27.5 Å². The summed E-state index contributed by atoms with van der Waals surface area (Å²) in [6.07, 6.45) is -3.89. The van der Waals surface area contributed by atoms with Crippen LogP contribution in [-0.2, 0) is 4.79 Å². The molecule has 0 radical (unpaired) electrons. The summed E-state index contributed by atoms with van der Waals surface area (Å²) in [4.78, 5) is 14.9. The van der Waals surface area contributed by atoms with Gasteiger partial charge in [-0.3, -0.25) is 9.69 Å². The first-order valence-electron chi connectivity index (χ1n) is 6.88. The fourth-order valence-corrected chi connectivity index (χ4v) is 2.62.